The van der Waals surface area contributed by atoms with E-state index in [9.17, 15) is 4.79 Å². The molecule has 1 heterocycles. The van der Waals surface area contributed by atoms with Crippen LogP contribution in [0.4, 0.5) is 0 Å². The van der Waals surface area contributed by atoms with Crippen LogP contribution in [0.1, 0.15) is 12.0 Å². The average Bonchev–Trinajstić information content (AvgIpc) is 2.54. The van der Waals surface area contributed by atoms with E-state index in [4.69, 9.17) is 5.73 Å². The van der Waals surface area contributed by atoms with Gasteiger partial charge in [-0.25, -0.2) is 0 Å². The molecule has 0 unspecified atom stereocenters. The Balaban J connectivity index is 1.60. The molecular weight excluding hydrogens is 282 g/mol. The molecule has 1 fully saturated rings. The van der Waals surface area contributed by atoms with E-state index in [0.717, 1.165) is 26.1 Å². The fourth-order valence-electron chi connectivity index (χ4n) is 2.39. The number of nitrogens with two attached hydrogens (primary N) is 1. The minimum Gasteiger partial charge on any atom is -0.353 e. The molecule has 1 aliphatic rings. The Kier molecular flexibility index (Phi) is 7.06. The molecule has 4 nitrogen and oxygen atoms in total. The molecule has 1 amide bonds. The van der Waals surface area contributed by atoms with E-state index >= 15 is 0 Å². The predicted octanol–water partition coefficient (Wildman–Crippen LogP) is 1.11. The maximum Gasteiger partial charge on any atom is 0.236 e. The quantitative estimate of drug-likeness (QED) is 0.792. The van der Waals surface area contributed by atoms with Crippen molar-refractivity contribution in [3.63, 3.8) is 0 Å². The van der Waals surface area contributed by atoms with Gasteiger partial charge >= 0.3 is 0 Å². The van der Waals surface area contributed by atoms with Crippen LogP contribution in [0.25, 0.3) is 0 Å². The normalized spacial score (nSPS) is 17.4. The number of carbonyl (C=O) groups excluding carboxylic acids is 1. The van der Waals surface area contributed by atoms with Crippen molar-refractivity contribution in [2.45, 2.75) is 18.9 Å². The molecule has 0 spiro atoms. The molecule has 1 saturated heterocycles. The number of benzene rings is 1. The zero-order chi connectivity index (χ0) is 14.9. The molecular formula is C16H25N3OS. The maximum atomic E-state index is 11.9. The molecule has 1 aliphatic heterocycles. The van der Waals surface area contributed by atoms with Gasteiger partial charge in [0.1, 0.15) is 0 Å². The van der Waals surface area contributed by atoms with E-state index in [1.807, 2.05) is 30.0 Å². The maximum absolute atomic E-state index is 11.9. The number of aryl methyl sites for hydroxylation is 1. The van der Waals surface area contributed by atoms with Gasteiger partial charge in [0.05, 0.1) is 6.04 Å². The summed E-state index contributed by atoms with van der Waals surface area (Å²) in [7, 11) is 0. The highest BCUT2D eigenvalue weighted by atomic mass is 32.2. The van der Waals surface area contributed by atoms with Crippen LogP contribution in [0.5, 0.6) is 0 Å². The number of carbonyl (C=O) groups is 1. The molecule has 116 valence electrons. The molecule has 1 aromatic rings. The fourth-order valence-corrected chi connectivity index (χ4v) is 3.37. The van der Waals surface area contributed by atoms with Crippen molar-refractivity contribution in [2.24, 2.45) is 5.73 Å². The third kappa shape index (κ3) is 6.08. The molecule has 5 heteroatoms. The first-order valence-corrected chi connectivity index (χ1v) is 8.78. The second-order valence-electron chi connectivity index (χ2n) is 5.38. The number of nitrogens with one attached hydrogen (secondary N) is 1. The molecule has 1 atom stereocenters. The third-order valence-electron chi connectivity index (χ3n) is 3.75. The molecule has 0 aliphatic carbocycles. The Morgan fingerprint density at radius 2 is 2.00 bits per heavy atom. The zero-order valence-corrected chi connectivity index (χ0v) is 13.3. The summed E-state index contributed by atoms with van der Waals surface area (Å²) in [6.45, 7) is 3.88. The lowest BCUT2D eigenvalue weighted by Crippen LogP contribution is -2.45. The summed E-state index contributed by atoms with van der Waals surface area (Å²) in [5.74, 6) is 2.37. The summed E-state index contributed by atoms with van der Waals surface area (Å²) in [5.41, 5.74) is 7.18. The van der Waals surface area contributed by atoms with Gasteiger partial charge in [-0.15, -0.1) is 0 Å². The Bertz CT molecular complexity index is 421. The zero-order valence-electron chi connectivity index (χ0n) is 12.5. The lowest BCUT2D eigenvalue weighted by atomic mass is 10.1. The van der Waals surface area contributed by atoms with Gasteiger partial charge in [-0.05, 0) is 18.4 Å². The Hall–Kier alpha value is -1.04. The van der Waals surface area contributed by atoms with Crippen molar-refractivity contribution in [3.05, 3.63) is 35.9 Å². The second-order valence-corrected chi connectivity index (χ2v) is 6.60. The highest BCUT2D eigenvalue weighted by Crippen LogP contribution is 2.08. The van der Waals surface area contributed by atoms with Gasteiger partial charge in [0.25, 0.3) is 0 Å². The van der Waals surface area contributed by atoms with Gasteiger partial charge in [0.15, 0.2) is 0 Å². The summed E-state index contributed by atoms with van der Waals surface area (Å²) in [6.07, 6.45) is 1.54. The molecule has 21 heavy (non-hydrogen) atoms. The SMILES string of the molecule is N[C@@H](CCc1ccccc1)C(=O)NCCN1CCSCC1. The van der Waals surface area contributed by atoms with Gasteiger partial charge in [0, 0.05) is 37.7 Å². The van der Waals surface area contributed by atoms with E-state index in [-0.39, 0.29) is 5.91 Å². The van der Waals surface area contributed by atoms with Gasteiger partial charge in [0.2, 0.25) is 5.91 Å². The first-order valence-electron chi connectivity index (χ1n) is 7.63. The highest BCUT2D eigenvalue weighted by molar-refractivity contribution is 7.99. The van der Waals surface area contributed by atoms with Crippen molar-refractivity contribution < 1.29 is 4.79 Å². The van der Waals surface area contributed by atoms with Crippen LogP contribution in [-0.2, 0) is 11.2 Å². The minimum atomic E-state index is -0.415. The standard InChI is InChI=1S/C16H25N3OS/c17-15(7-6-14-4-2-1-3-5-14)16(20)18-8-9-19-10-12-21-13-11-19/h1-5,15H,6-13,17H2,(H,18,20)/t15-/m0/s1. The van der Waals surface area contributed by atoms with Crippen molar-refractivity contribution in [1.82, 2.24) is 10.2 Å². The summed E-state index contributed by atoms with van der Waals surface area (Å²) in [5, 5.41) is 2.95. The van der Waals surface area contributed by atoms with Crippen molar-refractivity contribution in [3.8, 4) is 0 Å². The highest BCUT2D eigenvalue weighted by Gasteiger charge is 2.14. The van der Waals surface area contributed by atoms with E-state index in [1.165, 1.54) is 17.1 Å². The van der Waals surface area contributed by atoms with Gasteiger partial charge in [-0.2, -0.15) is 11.8 Å². The lowest BCUT2D eigenvalue weighted by Gasteiger charge is -2.26. The average molecular weight is 307 g/mol. The lowest BCUT2D eigenvalue weighted by molar-refractivity contribution is -0.122. The van der Waals surface area contributed by atoms with Gasteiger partial charge in [-0.3, -0.25) is 9.69 Å². The van der Waals surface area contributed by atoms with E-state index in [2.05, 4.69) is 22.3 Å². The van der Waals surface area contributed by atoms with E-state index < -0.39 is 6.04 Å². The Labute approximate surface area is 131 Å². The summed E-state index contributed by atoms with van der Waals surface area (Å²) in [6, 6.07) is 9.74. The smallest absolute Gasteiger partial charge is 0.236 e. The minimum absolute atomic E-state index is 0.0303. The second kappa shape index (κ2) is 9.07. The van der Waals surface area contributed by atoms with Crippen LogP contribution in [0.2, 0.25) is 0 Å². The number of thioether (sulfide) groups is 1. The first kappa shape index (κ1) is 16.3. The molecule has 2 rings (SSSR count). The molecule has 0 bridgehead atoms. The van der Waals surface area contributed by atoms with E-state index in [1.54, 1.807) is 0 Å². The number of rotatable bonds is 7. The summed E-state index contributed by atoms with van der Waals surface area (Å²) < 4.78 is 0. The predicted molar refractivity (Wildman–Crippen MR) is 89.5 cm³/mol. The summed E-state index contributed by atoms with van der Waals surface area (Å²) in [4.78, 5) is 14.3. The van der Waals surface area contributed by atoms with Crippen LogP contribution in [0.3, 0.4) is 0 Å². The van der Waals surface area contributed by atoms with E-state index in [0.29, 0.717) is 13.0 Å². The van der Waals surface area contributed by atoms with Crippen molar-refractivity contribution >= 4 is 17.7 Å². The van der Waals surface area contributed by atoms with Crippen molar-refractivity contribution in [1.29, 1.82) is 0 Å². The summed E-state index contributed by atoms with van der Waals surface area (Å²) >= 11 is 2.00. The molecule has 3 N–H and O–H groups in total. The van der Waals surface area contributed by atoms with Crippen LogP contribution >= 0.6 is 11.8 Å². The number of amides is 1. The monoisotopic (exact) mass is 307 g/mol. The Morgan fingerprint density at radius 1 is 1.29 bits per heavy atom. The van der Waals surface area contributed by atoms with Crippen LogP contribution < -0.4 is 11.1 Å². The van der Waals surface area contributed by atoms with Gasteiger partial charge in [-0.1, -0.05) is 30.3 Å². The molecule has 0 radical (unpaired) electrons. The van der Waals surface area contributed by atoms with Crippen LogP contribution in [0, 0.1) is 0 Å². The fraction of sp³-hybridized carbons (Fsp3) is 0.562. The number of hydrogen-bond acceptors (Lipinski definition) is 4. The Morgan fingerprint density at radius 3 is 2.71 bits per heavy atom. The van der Waals surface area contributed by atoms with Crippen LogP contribution in [-0.4, -0.2) is 54.5 Å². The largest absolute Gasteiger partial charge is 0.353 e. The first-order chi connectivity index (χ1) is 10.3. The van der Waals surface area contributed by atoms with Crippen molar-refractivity contribution in [2.75, 3.05) is 37.7 Å². The molecule has 0 saturated carbocycles. The topological polar surface area (TPSA) is 58.4 Å². The number of nitrogens with zero attached hydrogens (tertiary/aromatic N) is 1. The molecule has 0 aromatic heterocycles. The number of hydrogen-bond donors (Lipinski definition) is 2. The van der Waals surface area contributed by atoms with Crippen LogP contribution in [0.15, 0.2) is 30.3 Å². The van der Waals surface area contributed by atoms with Gasteiger partial charge < -0.3 is 11.1 Å². The molecule has 1 aromatic carbocycles. The third-order valence-corrected chi connectivity index (χ3v) is 4.70.